The van der Waals surface area contributed by atoms with Crippen molar-refractivity contribution in [3.8, 4) is 11.1 Å². The van der Waals surface area contributed by atoms with Crippen molar-refractivity contribution in [3.63, 3.8) is 0 Å². The van der Waals surface area contributed by atoms with Crippen LogP contribution in [0, 0.1) is 0 Å². The van der Waals surface area contributed by atoms with Gasteiger partial charge in [-0.25, -0.2) is 0 Å². The van der Waals surface area contributed by atoms with Gasteiger partial charge in [0, 0.05) is 25.1 Å². The first-order valence-electron chi connectivity index (χ1n) is 6.19. The number of nitrogens with zero attached hydrogens (tertiary/aromatic N) is 3. The van der Waals surface area contributed by atoms with Gasteiger partial charge >= 0.3 is 0 Å². The van der Waals surface area contributed by atoms with Crippen molar-refractivity contribution in [2.75, 3.05) is 5.32 Å². The Kier molecular flexibility index (Phi) is 3.52. The summed E-state index contributed by atoms with van der Waals surface area (Å²) in [4.78, 5) is 4.03. The quantitative estimate of drug-likeness (QED) is 0.790. The highest BCUT2D eigenvalue weighted by Gasteiger charge is 2.06. The maximum atomic E-state index is 4.18. The van der Waals surface area contributed by atoms with E-state index in [0.717, 1.165) is 21.5 Å². The second-order valence-electron chi connectivity index (χ2n) is 4.40. The Hall–Kier alpha value is -2.14. The van der Waals surface area contributed by atoms with Crippen LogP contribution in [0.4, 0.5) is 11.5 Å². The van der Waals surface area contributed by atoms with E-state index >= 15 is 0 Å². The van der Waals surface area contributed by atoms with Crippen LogP contribution in [-0.2, 0) is 7.05 Å². The molecular formula is C15H13BrN4. The van der Waals surface area contributed by atoms with Crippen molar-refractivity contribution in [2.45, 2.75) is 0 Å². The predicted molar refractivity (Wildman–Crippen MR) is 83.9 cm³/mol. The molecule has 100 valence electrons. The van der Waals surface area contributed by atoms with E-state index in [9.17, 15) is 0 Å². The molecule has 20 heavy (non-hydrogen) atoms. The zero-order chi connectivity index (χ0) is 13.9. The fourth-order valence-electron chi connectivity index (χ4n) is 1.98. The maximum Gasteiger partial charge on any atom is 0.142 e. The van der Waals surface area contributed by atoms with Crippen LogP contribution in [0.25, 0.3) is 11.1 Å². The topological polar surface area (TPSA) is 42.7 Å². The van der Waals surface area contributed by atoms with E-state index < -0.39 is 0 Å². The minimum Gasteiger partial charge on any atom is -0.340 e. The molecule has 0 aliphatic carbocycles. The van der Waals surface area contributed by atoms with E-state index in [1.54, 1.807) is 23.3 Å². The lowest BCUT2D eigenvalue weighted by Crippen LogP contribution is -1.99. The average molecular weight is 329 g/mol. The normalized spacial score (nSPS) is 10.5. The molecule has 0 saturated heterocycles. The third kappa shape index (κ3) is 2.58. The third-order valence-corrected chi connectivity index (χ3v) is 3.64. The molecule has 0 amide bonds. The van der Waals surface area contributed by atoms with Crippen LogP contribution >= 0.6 is 15.9 Å². The number of aryl methyl sites for hydroxylation is 1. The van der Waals surface area contributed by atoms with Crippen molar-refractivity contribution in [1.29, 1.82) is 0 Å². The summed E-state index contributed by atoms with van der Waals surface area (Å²) in [6, 6.07) is 12.3. The fraction of sp³-hybridized carbons (Fsp3) is 0.0667. The maximum absolute atomic E-state index is 4.18. The lowest BCUT2D eigenvalue weighted by molar-refractivity contribution is 0.776. The number of halogens is 1. The zero-order valence-electron chi connectivity index (χ0n) is 10.9. The summed E-state index contributed by atoms with van der Waals surface area (Å²) in [6.45, 7) is 0. The first kappa shape index (κ1) is 12.9. The smallest absolute Gasteiger partial charge is 0.142 e. The van der Waals surface area contributed by atoms with E-state index in [1.807, 2.05) is 19.2 Å². The van der Waals surface area contributed by atoms with Gasteiger partial charge in [0.1, 0.15) is 5.82 Å². The van der Waals surface area contributed by atoms with Gasteiger partial charge in [0.2, 0.25) is 0 Å². The van der Waals surface area contributed by atoms with Crippen LogP contribution in [0.15, 0.2) is 59.5 Å². The Morgan fingerprint density at radius 2 is 1.65 bits per heavy atom. The molecule has 3 rings (SSSR count). The molecule has 0 bridgehead atoms. The number of nitrogens with one attached hydrogen (secondary N) is 1. The monoisotopic (exact) mass is 328 g/mol. The number of pyridine rings is 1. The number of anilines is 2. The van der Waals surface area contributed by atoms with Gasteiger partial charge in [0.05, 0.1) is 10.7 Å². The number of hydrogen-bond acceptors (Lipinski definition) is 3. The Morgan fingerprint density at radius 3 is 2.25 bits per heavy atom. The van der Waals surface area contributed by atoms with Crippen LogP contribution in [0.5, 0.6) is 0 Å². The van der Waals surface area contributed by atoms with Crippen molar-refractivity contribution in [3.05, 3.63) is 59.5 Å². The summed E-state index contributed by atoms with van der Waals surface area (Å²) in [5.74, 6) is 0.932. The molecule has 2 aromatic heterocycles. The molecule has 0 spiro atoms. The summed E-state index contributed by atoms with van der Waals surface area (Å²) in [7, 11) is 1.90. The standard InChI is InChI=1S/C15H13BrN4/c1-20-15(14(16)10-18-20)19-13-4-2-11(3-5-13)12-6-8-17-9-7-12/h2-10,19H,1H3. The highest BCUT2D eigenvalue weighted by Crippen LogP contribution is 2.26. The molecule has 0 radical (unpaired) electrons. The SMILES string of the molecule is Cn1ncc(Br)c1Nc1ccc(-c2ccncc2)cc1. The second-order valence-corrected chi connectivity index (χ2v) is 5.26. The molecule has 3 aromatic rings. The van der Waals surface area contributed by atoms with Gasteiger partial charge in [-0.1, -0.05) is 12.1 Å². The van der Waals surface area contributed by atoms with E-state index in [0.29, 0.717) is 0 Å². The number of aromatic nitrogens is 3. The second kappa shape index (κ2) is 5.46. The predicted octanol–water partition coefficient (Wildman–Crippen LogP) is 3.99. The number of rotatable bonds is 3. The summed E-state index contributed by atoms with van der Waals surface area (Å²) in [5, 5.41) is 7.52. The molecule has 1 N–H and O–H groups in total. The van der Waals surface area contributed by atoms with Crippen molar-refractivity contribution in [1.82, 2.24) is 14.8 Å². The van der Waals surface area contributed by atoms with Gasteiger partial charge in [0.15, 0.2) is 0 Å². The van der Waals surface area contributed by atoms with Gasteiger partial charge in [-0.3, -0.25) is 9.67 Å². The first-order valence-corrected chi connectivity index (χ1v) is 6.98. The summed E-state index contributed by atoms with van der Waals surface area (Å²) in [6.07, 6.45) is 5.37. The summed E-state index contributed by atoms with van der Waals surface area (Å²) >= 11 is 3.47. The van der Waals surface area contributed by atoms with Gasteiger partial charge in [-0.05, 0) is 51.3 Å². The number of hydrogen-bond donors (Lipinski definition) is 1. The minimum absolute atomic E-state index is 0.932. The molecule has 0 unspecified atom stereocenters. The fourth-order valence-corrected chi connectivity index (χ4v) is 2.43. The molecule has 4 nitrogen and oxygen atoms in total. The van der Waals surface area contributed by atoms with Crippen LogP contribution in [-0.4, -0.2) is 14.8 Å². The number of benzene rings is 1. The van der Waals surface area contributed by atoms with Crippen molar-refractivity contribution in [2.24, 2.45) is 7.05 Å². The molecule has 1 aromatic carbocycles. The Bertz CT molecular complexity index is 685. The Balaban J connectivity index is 1.84. The molecule has 5 heteroatoms. The van der Waals surface area contributed by atoms with E-state index in [2.05, 4.69) is 55.6 Å². The lowest BCUT2D eigenvalue weighted by Gasteiger charge is -2.08. The Labute approximate surface area is 125 Å². The van der Waals surface area contributed by atoms with E-state index in [4.69, 9.17) is 0 Å². The van der Waals surface area contributed by atoms with Gasteiger partial charge in [-0.15, -0.1) is 0 Å². The average Bonchev–Trinajstić information content (AvgIpc) is 2.81. The van der Waals surface area contributed by atoms with Crippen molar-refractivity contribution < 1.29 is 0 Å². The third-order valence-electron chi connectivity index (χ3n) is 3.06. The molecule has 0 aliphatic rings. The van der Waals surface area contributed by atoms with Crippen LogP contribution in [0.3, 0.4) is 0 Å². The molecule has 0 saturated carbocycles. The molecule has 2 heterocycles. The summed E-state index contributed by atoms with van der Waals surface area (Å²) in [5.41, 5.74) is 3.35. The minimum atomic E-state index is 0.932. The zero-order valence-corrected chi connectivity index (χ0v) is 12.5. The van der Waals surface area contributed by atoms with Gasteiger partial charge in [-0.2, -0.15) is 5.10 Å². The summed E-state index contributed by atoms with van der Waals surface area (Å²) < 4.78 is 2.74. The first-order chi connectivity index (χ1) is 9.74. The molecule has 0 fully saturated rings. The molecule has 0 atom stereocenters. The van der Waals surface area contributed by atoms with Gasteiger partial charge in [0.25, 0.3) is 0 Å². The molecular weight excluding hydrogens is 316 g/mol. The molecule has 0 aliphatic heterocycles. The lowest BCUT2D eigenvalue weighted by atomic mass is 10.1. The van der Waals surface area contributed by atoms with E-state index in [-0.39, 0.29) is 0 Å². The van der Waals surface area contributed by atoms with E-state index in [1.165, 1.54) is 5.56 Å². The Morgan fingerprint density at radius 1 is 1.00 bits per heavy atom. The van der Waals surface area contributed by atoms with Gasteiger partial charge < -0.3 is 5.32 Å². The largest absolute Gasteiger partial charge is 0.340 e. The van der Waals surface area contributed by atoms with Crippen LogP contribution < -0.4 is 5.32 Å². The van der Waals surface area contributed by atoms with Crippen LogP contribution in [0.1, 0.15) is 0 Å². The highest BCUT2D eigenvalue weighted by molar-refractivity contribution is 9.10. The van der Waals surface area contributed by atoms with Crippen LogP contribution in [0.2, 0.25) is 0 Å². The van der Waals surface area contributed by atoms with Crippen molar-refractivity contribution >= 4 is 27.4 Å². The highest BCUT2D eigenvalue weighted by atomic mass is 79.9.